The Hall–Kier alpha value is -3.73. The lowest BCUT2D eigenvalue weighted by atomic mass is 10.2. The van der Waals surface area contributed by atoms with Crippen molar-refractivity contribution in [2.24, 2.45) is 0 Å². The van der Waals surface area contributed by atoms with E-state index in [9.17, 15) is 35.9 Å². The normalized spacial score (nSPS) is 11.1. The first-order chi connectivity index (χ1) is 15.5. The van der Waals surface area contributed by atoms with Crippen molar-refractivity contribution < 1.29 is 40.7 Å². The van der Waals surface area contributed by atoms with Crippen molar-refractivity contribution in [3.63, 3.8) is 0 Å². The van der Waals surface area contributed by atoms with Crippen molar-refractivity contribution in [1.29, 1.82) is 0 Å². The van der Waals surface area contributed by atoms with Crippen LogP contribution in [0.25, 0.3) is 0 Å². The predicted molar refractivity (Wildman–Crippen MR) is 106 cm³/mol. The number of urea groups is 1. The highest BCUT2D eigenvalue weighted by Crippen LogP contribution is 2.40. The highest BCUT2D eigenvalue weighted by molar-refractivity contribution is 6.33. The van der Waals surface area contributed by atoms with Gasteiger partial charge in [0.2, 0.25) is 0 Å². The zero-order valence-electron chi connectivity index (χ0n) is 16.1. The van der Waals surface area contributed by atoms with Crippen LogP contribution in [0.1, 0.15) is 15.9 Å². The van der Waals surface area contributed by atoms with Gasteiger partial charge in [0.15, 0.2) is 0 Å². The van der Waals surface area contributed by atoms with E-state index in [1.54, 1.807) is 5.32 Å². The summed E-state index contributed by atoms with van der Waals surface area (Å²) in [6.45, 7) is 0. The Bertz CT molecular complexity index is 1210. The molecule has 0 aliphatic carbocycles. The molecule has 0 heterocycles. The second kappa shape index (κ2) is 9.41. The number of halogens is 7. The molecule has 0 aliphatic rings. The first-order valence-electron chi connectivity index (χ1n) is 8.87. The summed E-state index contributed by atoms with van der Waals surface area (Å²) in [6.07, 6.45) is -4.73. The van der Waals surface area contributed by atoms with Crippen molar-refractivity contribution in [2.45, 2.75) is 6.18 Å². The van der Waals surface area contributed by atoms with Crippen LogP contribution in [0.3, 0.4) is 0 Å². The lowest BCUT2D eigenvalue weighted by Gasteiger charge is -2.14. The summed E-state index contributed by atoms with van der Waals surface area (Å²) in [5.74, 6) is -5.54. The van der Waals surface area contributed by atoms with Crippen LogP contribution in [-0.4, -0.2) is 11.9 Å². The highest BCUT2D eigenvalue weighted by atomic mass is 35.5. The summed E-state index contributed by atoms with van der Waals surface area (Å²) >= 11 is 5.72. The van der Waals surface area contributed by atoms with Gasteiger partial charge in [0, 0.05) is 6.07 Å². The molecule has 5 nitrogen and oxygen atoms in total. The van der Waals surface area contributed by atoms with Crippen LogP contribution in [0.2, 0.25) is 5.02 Å². The number of nitrogens with one attached hydrogen (secondary N) is 2. The Morgan fingerprint density at radius 2 is 1.52 bits per heavy atom. The summed E-state index contributed by atoms with van der Waals surface area (Å²) in [5.41, 5.74) is -2.61. The number of carbonyl (C=O) groups is 2. The number of ether oxygens (including phenoxy) is 1. The van der Waals surface area contributed by atoms with E-state index < -0.39 is 57.4 Å². The lowest BCUT2D eigenvalue weighted by molar-refractivity contribution is -0.137. The topological polar surface area (TPSA) is 67.4 Å². The van der Waals surface area contributed by atoms with Gasteiger partial charge >= 0.3 is 12.2 Å². The van der Waals surface area contributed by atoms with Gasteiger partial charge in [-0.25, -0.2) is 18.0 Å². The predicted octanol–water partition coefficient (Wildman–Crippen LogP) is 6.53. The third kappa shape index (κ3) is 5.55. The molecule has 2 N–H and O–H groups in total. The van der Waals surface area contributed by atoms with Gasteiger partial charge in [0.1, 0.15) is 34.5 Å². The number of carbonyl (C=O) groups excluding carboxylic acids is 2. The number of benzene rings is 3. The molecule has 172 valence electrons. The maximum Gasteiger partial charge on any atom is 0.417 e. The van der Waals surface area contributed by atoms with Crippen molar-refractivity contribution in [1.82, 2.24) is 5.32 Å². The van der Waals surface area contributed by atoms with E-state index in [1.165, 1.54) is 0 Å². The quantitative estimate of drug-likeness (QED) is 0.410. The number of hydrogen-bond donors (Lipinski definition) is 2. The average molecular weight is 489 g/mol. The van der Waals surface area contributed by atoms with E-state index in [0.717, 1.165) is 54.6 Å². The minimum Gasteiger partial charge on any atom is -0.456 e. The van der Waals surface area contributed by atoms with E-state index in [2.05, 4.69) is 0 Å². The summed E-state index contributed by atoms with van der Waals surface area (Å²) in [6, 6.07) is 7.12. The fraction of sp³-hybridized carbons (Fsp3) is 0.0476. The molecule has 0 fully saturated rings. The zero-order valence-corrected chi connectivity index (χ0v) is 16.8. The van der Waals surface area contributed by atoms with E-state index in [-0.39, 0.29) is 11.5 Å². The molecule has 3 rings (SSSR count). The van der Waals surface area contributed by atoms with E-state index in [0.29, 0.717) is 0 Å². The maximum absolute atomic E-state index is 14.3. The molecular weight excluding hydrogens is 478 g/mol. The molecule has 33 heavy (non-hydrogen) atoms. The van der Waals surface area contributed by atoms with Gasteiger partial charge in [-0.3, -0.25) is 10.1 Å². The lowest BCUT2D eigenvalue weighted by Crippen LogP contribution is -2.35. The van der Waals surface area contributed by atoms with Crippen LogP contribution >= 0.6 is 11.6 Å². The number of hydrogen-bond acceptors (Lipinski definition) is 3. The van der Waals surface area contributed by atoms with E-state index >= 15 is 0 Å². The Kier molecular flexibility index (Phi) is 6.82. The van der Waals surface area contributed by atoms with E-state index in [4.69, 9.17) is 16.3 Å². The number of alkyl halides is 3. The monoisotopic (exact) mass is 488 g/mol. The van der Waals surface area contributed by atoms with Gasteiger partial charge in [-0.05, 0) is 36.4 Å². The van der Waals surface area contributed by atoms with Gasteiger partial charge in [-0.15, -0.1) is 0 Å². The van der Waals surface area contributed by atoms with Gasteiger partial charge in [0.25, 0.3) is 5.91 Å². The molecule has 0 saturated carbocycles. The SMILES string of the molecule is O=C(NC(=O)c1c(F)cccc1F)Nc1ccc(Oc2cccc(C(F)(F)F)c2Cl)cc1F. The zero-order chi connectivity index (χ0) is 24.3. The second-order valence-electron chi connectivity index (χ2n) is 6.36. The maximum atomic E-state index is 14.3. The molecule has 0 radical (unpaired) electrons. The number of imide groups is 1. The molecular formula is C21H11ClF6N2O3. The second-order valence-corrected chi connectivity index (χ2v) is 6.74. The minimum absolute atomic E-state index is 0.246. The number of anilines is 1. The molecule has 0 unspecified atom stereocenters. The average Bonchev–Trinajstić information content (AvgIpc) is 2.70. The molecule has 3 amide bonds. The Labute approximate surface area is 186 Å². The molecule has 12 heteroatoms. The van der Waals surface area contributed by atoms with Crippen molar-refractivity contribution in [3.8, 4) is 11.5 Å². The first-order valence-corrected chi connectivity index (χ1v) is 9.24. The fourth-order valence-corrected chi connectivity index (χ4v) is 2.90. The largest absolute Gasteiger partial charge is 0.456 e. The van der Waals surface area contributed by atoms with Crippen LogP contribution < -0.4 is 15.4 Å². The standard InChI is InChI=1S/C21H11ClF6N2O3/c22-18-11(21(26,27)28)3-1-6-16(18)33-10-7-8-15(14(25)9-10)29-20(32)30-19(31)17-12(23)4-2-5-13(17)24/h1-9H,(H2,29,30,31,32). The number of amides is 3. The summed E-state index contributed by atoms with van der Waals surface area (Å²) in [7, 11) is 0. The fourth-order valence-electron chi connectivity index (χ4n) is 2.63. The van der Waals surface area contributed by atoms with Crippen LogP contribution in [0.15, 0.2) is 54.6 Å². The van der Waals surface area contributed by atoms with Gasteiger partial charge in [0.05, 0.1) is 16.3 Å². The van der Waals surface area contributed by atoms with Gasteiger partial charge in [-0.1, -0.05) is 23.7 Å². The summed E-state index contributed by atoms with van der Waals surface area (Å²) < 4.78 is 85.6. The Morgan fingerprint density at radius 3 is 2.12 bits per heavy atom. The summed E-state index contributed by atoms with van der Waals surface area (Å²) in [5, 5.41) is 2.87. The molecule has 3 aromatic carbocycles. The van der Waals surface area contributed by atoms with E-state index in [1.807, 2.05) is 5.32 Å². The Morgan fingerprint density at radius 1 is 0.879 bits per heavy atom. The molecule has 0 bridgehead atoms. The number of rotatable bonds is 4. The first kappa shape index (κ1) is 23.9. The summed E-state index contributed by atoms with van der Waals surface area (Å²) in [4.78, 5) is 23.8. The van der Waals surface area contributed by atoms with Gasteiger partial charge < -0.3 is 10.1 Å². The molecule has 3 aromatic rings. The van der Waals surface area contributed by atoms with Gasteiger partial charge in [-0.2, -0.15) is 13.2 Å². The van der Waals surface area contributed by atoms with Crippen LogP contribution in [0.4, 0.5) is 36.8 Å². The van der Waals surface area contributed by atoms with Crippen molar-refractivity contribution in [2.75, 3.05) is 5.32 Å². The Balaban J connectivity index is 1.71. The van der Waals surface area contributed by atoms with Crippen molar-refractivity contribution >= 4 is 29.2 Å². The highest BCUT2D eigenvalue weighted by Gasteiger charge is 2.34. The molecule has 0 aromatic heterocycles. The third-order valence-electron chi connectivity index (χ3n) is 4.10. The van der Waals surface area contributed by atoms with Crippen molar-refractivity contribution in [3.05, 3.63) is 88.2 Å². The smallest absolute Gasteiger partial charge is 0.417 e. The van der Waals surface area contributed by atoms with Crippen LogP contribution in [-0.2, 0) is 6.18 Å². The molecule has 0 atom stereocenters. The minimum atomic E-state index is -4.73. The van der Waals surface area contributed by atoms with Crippen LogP contribution in [0.5, 0.6) is 11.5 Å². The van der Waals surface area contributed by atoms with Crippen LogP contribution in [0, 0.1) is 17.5 Å². The third-order valence-corrected chi connectivity index (χ3v) is 4.49. The molecule has 0 spiro atoms. The molecule has 0 aliphatic heterocycles. The molecule has 0 saturated heterocycles.